The van der Waals surface area contributed by atoms with Gasteiger partial charge in [0.2, 0.25) is 5.91 Å². The van der Waals surface area contributed by atoms with Crippen LogP contribution in [0.4, 0.5) is 5.82 Å². The van der Waals surface area contributed by atoms with Gasteiger partial charge in [0.25, 0.3) is 0 Å². The third kappa shape index (κ3) is 2.62. The number of hydrogen-bond acceptors (Lipinski definition) is 5. The first kappa shape index (κ1) is 13.3. The van der Waals surface area contributed by atoms with Crippen molar-refractivity contribution in [3.8, 4) is 0 Å². The lowest BCUT2D eigenvalue weighted by molar-refractivity contribution is -0.130. The maximum Gasteiger partial charge on any atom is 0.242 e. The summed E-state index contributed by atoms with van der Waals surface area (Å²) in [6, 6.07) is 4.07. The van der Waals surface area contributed by atoms with Crippen molar-refractivity contribution >= 4 is 33.1 Å². The van der Waals surface area contributed by atoms with Gasteiger partial charge in [-0.3, -0.25) is 4.79 Å². The molecule has 0 radical (unpaired) electrons. The van der Waals surface area contributed by atoms with Crippen LogP contribution in [-0.4, -0.2) is 55.6 Å². The minimum absolute atomic E-state index is 0.169. The van der Waals surface area contributed by atoms with Crippen LogP contribution in [0.3, 0.4) is 0 Å². The molecular weight excluding hydrogens is 272 g/mol. The fourth-order valence-corrected chi connectivity index (χ4v) is 3.25. The summed E-state index contributed by atoms with van der Waals surface area (Å²) in [5.74, 6) is 1.05. The van der Waals surface area contributed by atoms with Crippen LogP contribution in [0.1, 0.15) is 0 Å². The van der Waals surface area contributed by atoms with Crippen LogP contribution < -0.4 is 10.2 Å². The lowest BCUT2D eigenvalue weighted by Gasteiger charge is -2.29. The minimum Gasteiger partial charge on any atom is -0.350 e. The Bertz CT molecular complexity index is 606. The summed E-state index contributed by atoms with van der Waals surface area (Å²) in [6.07, 6.45) is 1.81. The second-order valence-electron chi connectivity index (χ2n) is 4.95. The predicted molar refractivity (Wildman–Crippen MR) is 82.3 cm³/mol. The smallest absolute Gasteiger partial charge is 0.242 e. The zero-order valence-electron chi connectivity index (χ0n) is 11.5. The first-order valence-corrected chi connectivity index (χ1v) is 7.65. The Morgan fingerprint density at radius 1 is 1.45 bits per heavy atom. The molecule has 1 N–H and O–H groups in total. The highest BCUT2D eigenvalue weighted by molar-refractivity contribution is 7.17. The Morgan fingerprint density at radius 2 is 2.25 bits per heavy atom. The van der Waals surface area contributed by atoms with Gasteiger partial charge >= 0.3 is 0 Å². The van der Waals surface area contributed by atoms with Crippen LogP contribution in [0.2, 0.25) is 0 Å². The first-order chi connectivity index (χ1) is 9.75. The molecule has 6 heteroatoms. The van der Waals surface area contributed by atoms with Crippen LogP contribution in [0, 0.1) is 0 Å². The summed E-state index contributed by atoms with van der Waals surface area (Å²) < 4.78 is 1.21. The Kier molecular flexibility index (Phi) is 3.84. The van der Waals surface area contributed by atoms with Crippen LogP contribution >= 0.6 is 11.3 Å². The van der Waals surface area contributed by atoms with Crippen molar-refractivity contribution in [3.05, 3.63) is 23.7 Å². The number of likely N-dealkylation sites (N-methyl/N-ethyl adjacent to an activating group) is 1. The zero-order chi connectivity index (χ0) is 13.9. The van der Waals surface area contributed by atoms with E-state index in [1.54, 1.807) is 17.5 Å². The maximum atomic E-state index is 12.3. The van der Waals surface area contributed by atoms with E-state index in [-0.39, 0.29) is 5.91 Å². The van der Waals surface area contributed by atoms with E-state index >= 15 is 0 Å². The quantitative estimate of drug-likeness (QED) is 0.922. The summed E-state index contributed by atoms with van der Waals surface area (Å²) in [6.45, 7) is 3.73. The van der Waals surface area contributed by atoms with Crippen molar-refractivity contribution < 1.29 is 4.79 Å². The van der Waals surface area contributed by atoms with Gasteiger partial charge < -0.3 is 15.1 Å². The van der Waals surface area contributed by atoms with Gasteiger partial charge in [-0.15, -0.1) is 11.3 Å². The molecule has 3 heterocycles. The Labute approximate surface area is 122 Å². The van der Waals surface area contributed by atoms with Crippen molar-refractivity contribution in [2.45, 2.75) is 0 Å². The highest BCUT2D eigenvalue weighted by atomic mass is 32.1. The van der Waals surface area contributed by atoms with Gasteiger partial charge in [-0.2, -0.15) is 0 Å². The van der Waals surface area contributed by atoms with Gasteiger partial charge in [0, 0.05) is 49.5 Å². The molecule has 3 rings (SSSR count). The number of anilines is 1. The van der Waals surface area contributed by atoms with Gasteiger partial charge in [-0.25, -0.2) is 4.98 Å². The van der Waals surface area contributed by atoms with Gasteiger partial charge in [0.15, 0.2) is 0 Å². The summed E-state index contributed by atoms with van der Waals surface area (Å²) >= 11 is 1.70. The molecule has 0 saturated carbocycles. The van der Waals surface area contributed by atoms with Crippen LogP contribution in [0.25, 0.3) is 10.1 Å². The number of rotatable bonds is 3. The van der Waals surface area contributed by atoms with Crippen molar-refractivity contribution in [1.29, 1.82) is 0 Å². The molecule has 1 amide bonds. The molecule has 1 aliphatic rings. The van der Waals surface area contributed by atoms with E-state index in [1.807, 2.05) is 22.9 Å². The number of aromatic nitrogens is 1. The molecule has 2 aromatic heterocycles. The standard InChI is InChI=1S/C14H18N4OS/c1-17(10-13(19)18-7-5-15-6-8-18)14-11-3-9-20-12(11)2-4-16-14/h2-4,9,15H,5-8,10H2,1H3. The van der Waals surface area contributed by atoms with Gasteiger partial charge in [-0.1, -0.05) is 0 Å². The number of fused-ring (bicyclic) bond motifs is 1. The van der Waals surface area contributed by atoms with Crippen molar-refractivity contribution in [1.82, 2.24) is 15.2 Å². The molecule has 2 aromatic rings. The van der Waals surface area contributed by atoms with E-state index in [0.29, 0.717) is 6.54 Å². The first-order valence-electron chi connectivity index (χ1n) is 6.77. The molecule has 0 aliphatic carbocycles. The average molecular weight is 290 g/mol. The lowest BCUT2D eigenvalue weighted by atomic mass is 10.3. The number of thiophene rings is 1. The minimum atomic E-state index is 0.169. The Hall–Kier alpha value is -1.66. The normalized spacial score (nSPS) is 15.6. The number of carbonyl (C=O) groups is 1. The van der Waals surface area contributed by atoms with E-state index in [2.05, 4.69) is 21.7 Å². The van der Waals surface area contributed by atoms with Crippen LogP contribution in [0.15, 0.2) is 23.7 Å². The lowest BCUT2D eigenvalue weighted by Crippen LogP contribution is -2.49. The SMILES string of the molecule is CN(CC(=O)N1CCNCC1)c1nccc2sccc12. The molecule has 1 saturated heterocycles. The second kappa shape index (κ2) is 5.76. The molecule has 0 spiro atoms. The number of pyridine rings is 1. The van der Waals surface area contributed by atoms with E-state index in [0.717, 1.165) is 37.4 Å². The predicted octanol–water partition coefficient (Wildman–Crippen LogP) is 1.16. The Morgan fingerprint density at radius 3 is 3.05 bits per heavy atom. The fraction of sp³-hybridized carbons (Fsp3) is 0.429. The van der Waals surface area contributed by atoms with Gasteiger partial charge in [0.05, 0.1) is 6.54 Å². The van der Waals surface area contributed by atoms with E-state index in [1.165, 1.54) is 4.70 Å². The Balaban J connectivity index is 1.73. The number of amides is 1. The number of nitrogens with one attached hydrogen (secondary N) is 1. The summed E-state index contributed by atoms with van der Waals surface area (Å²) in [7, 11) is 1.93. The molecular formula is C14H18N4OS. The molecule has 0 atom stereocenters. The second-order valence-corrected chi connectivity index (χ2v) is 5.90. The molecule has 5 nitrogen and oxygen atoms in total. The average Bonchev–Trinajstić information content (AvgIpc) is 2.96. The fourth-order valence-electron chi connectivity index (χ4n) is 2.48. The van der Waals surface area contributed by atoms with Crippen LogP contribution in [0.5, 0.6) is 0 Å². The molecule has 20 heavy (non-hydrogen) atoms. The van der Waals surface area contributed by atoms with E-state index in [9.17, 15) is 4.79 Å². The van der Waals surface area contributed by atoms with E-state index in [4.69, 9.17) is 0 Å². The molecule has 1 aliphatic heterocycles. The summed E-state index contributed by atoms with van der Waals surface area (Å²) in [5.41, 5.74) is 0. The third-order valence-electron chi connectivity index (χ3n) is 3.56. The molecule has 1 fully saturated rings. The van der Waals surface area contributed by atoms with Crippen molar-refractivity contribution in [3.63, 3.8) is 0 Å². The number of nitrogens with zero attached hydrogens (tertiary/aromatic N) is 3. The summed E-state index contributed by atoms with van der Waals surface area (Å²) in [5, 5.41) is 6.43. The third-order valence-corrected chi connectivity index (χ3v) is 4.44. The highest BCUT2D eigenvalue weighted by Crippen LogP contribution is 2.27. The highest BCUT2D eigenvalue weighted by Gasteiger charge is 2.19. The van der Waals surface area contributed by atoms with Crippen molar-refractivity contribution in [2.24, 2.45) is 0 Å². The molecule has 106 valence electrons. The molecule has 0 aromatic carbocycles. The number of hydrogen-bond donors (Lipinski definition) is 1. The van der Waals surface area contributed by atoms with Crippen molar-refractivity contribution in [2.75, 3.05) is 44.7 Å². The number of piperazine rings is 1. The maximum absolute atomic E-state index is 12.3. The largest absolute Gasteiger partial charge is 0.350 e. The molecule has 0 unspecified atom stereocenters. The van der Waals surface area contributed by atoms with Gasteiger partial charge in [0.1, 0.15) is 5.82 Å². The summed E-state index contributed by atoms with van der Waals surface area (Å²) in [4.78, 5) is 20.6. The number of carbonyl (C=O) groups excluding carboxylic acids is 1. The molecule has 0 bridgehead atoms. The zero-order valence-corrected chi connectivity index (χ0v) is 12.3. The van der Waals surface area contributed by atoms with Gasteiger partial charge in [-0.05, 0) is 17.5 Å². The van der Waals surface area contributed by atoms with Crippen LogP contribution in [-0.2, 0) is 4.79 Å². The topological polar surface area (TPSA) is 48.5 Å². The van der Waals surface area contributed by atoms with E-state index < -0.39 is 0 Å². The monoisotopic (exact) mass is 290 g/mol.